The highest BCUT2D eigenvalue weighted by molar-refractivity contribution is 7.87. The van der Waals surface area contributed by atoms with Gasteiger partial charge in [-0.2, -0.15) is 21.6 Å². The van der Waals surface area contributed by atoms with Gasteiger partial charge in [0.05, 0.1) is 0 Å². The van der Waals surface area contributed by atoms with E-state index in [1.165, 1.54) is 18.6 Å². The van der Waals surface area contributed by atoms with Gasteiger partial charge in [-0.25, -0.2) is 0 Å². The number of alkyl halides is 3. The lowest BCUT2D eigenvalue weighted by molar-refractivity contribution is -0.0520. The summed E-state index contributed by atoms with van der Waals surface area (Å²) in [6.07, 6.45) is 5.26. The minimum atomic E-state index is -5.61. The van der Waals surface area contributed by atoms with Crippen LogP contribution in [0.5, 0.6) is 0 Å². The zero-order valence-electron chi connectivity index (χ0n) is 7.28. The number of hydrogen-bond donors (Lipinski definition) is 0. The van der Waals surface area contributed by atoms with E-state index in [-0.39, 0.29) is 5.57 Å². The minimum Gasteiger partial charge on any atom is -0.376 e. The van der Waals surface area contributed by atoms with E-state index in [9.17, 15) is 21.6 Å². The summed E-state index contributed by atoms with van der Waals surface area (Å²) in [6.45, 7) is 3.33. The second kappa shape index (κ2) is 3.73. The Labute approximate surface area is 84.7 Å². The second-order valence-corrected chi connectivity index (χ2v) is 4.13. The number of rotatable bonds is 2. The van der Waals surface area contributed by atoms with Crippen molar-refractivity contribution in [1.29, 1.82) is 0 Å². The Bertz CT molecular complexity index is 429. The third kappa shape index (κ3) is 2.62. The van der Waals surface area contributed by atoms with Gasteiger partial charge >= 0.3 is 15.6 Å². The Kier molecular flexibility index (Phi) is 2.94. The van der Waals surface area contributed by atoms with E-state index < -0.39 is 21.4 Å². The monoisotopic (exact) mass is 239 g/mol. The van der Waals surface area contributed by atoms with Crippen molar-refractivity contribution in [2.24, 2.45) is 0 Å². The summed E-state index contributed by atoms with van der Waals surface area (Å²) in [4.78, 5) is 0. The van der Waals surface area contributed by atoms with Crippen LogP contribution < -0.4 is 0 Å². The first-order chi connectivity index (χ1) is 6.74. The molecular formula is C8H6F3O3S. The van der Waals surface area contributed by atoms with Gasteiger partial charge in [-0.15, -0.1) is 0 Å². The molecule has 0 atom stereocenters. The number of hydrogen-bond acceptors (Lipinski definition) is 3. The molecule has 7 heteroatoms. The smallest absolute Gasteiger partial charge is 0.376 e. The molecule has 83 valence electrons. The van der Waals surface area contributed by atoms with Gasteiger partial charge in [0.1, 0.15) is 5.76 Å². The van der Waals surface area contributed by atoms with Crippen LogP contribution >= 0.6 is 0 Å². The lowest BCUT2D eigenvalue weighted by Crippen LogP contribution is -2.25. The van der Waals surface area contributed by atoms with Crippen molar-refractivity contribution in [1.82, 2.24) is 0 Å². The van der Waals surface area contributed by atoms with E-state index >= 15 is 0 Å². The Morgan fingerprint density at radius 1 is 1.27 bits per heavy atom. The van der Waals surface area contributed by atoms with E-state index in [1.807, 2.05) is 0 Å². The van der Waals surface area contributed by atoms with Gasteiger partial charge in [-0.05, 0) is 11.6 Å². The maximum absolute atomic E-state index is 11.9. The van der Waals surface area contributed by atoms with Gasteiger partial charge in [0.25, 0.3) is 0 Å². The largest absolute Gasteiger partial charge is 0.534 e. The zero-order valence-corrected chi connectivity index (χ0v) is 8.10. The highest BCUT2D eigenvalue weighted by Crippen LogP contribution is 2.29. The lowest BCUT2D eigenvalue weighted by Gasteiger charge is -2.14. The normalized spacial score (nSPS) is 17.5. The number of halogens is 3. The van der Waals surface area contributed by atoms with Crippen molar-refractivity contribution in [3.8, 4) is 0 Å². The van der Waals surface area contributed by atoms with E-state index in [0.717, 1.165) is 6.08 Å². The molecule has 0 amide bonds. The summed E-state index contributed by atoms with van der Waals surface area (Å²) < 4.78 is 60.8. The quantitative estimate of drug-likeness (QED) is 0.547. The summed E-state index contributed by atoms with van der Waals surface area (Å²) in [5, 5.41) is 0. The average Bonchev–Trinajstić information content (AvgIpc) is 2.06. The molecule has 1 aliphatic carbocycles. The minimum absolute atomic E-state index is 0.0605. The van der Waals surface area contributed by atoms with Crippen molar-refractivity contribution in [2.45, 2.75) is 5.51 Å². The van der Waals surface area contributed by atoms with Gasteiger partial charge < -0.3 is 4.18 Å². The van der Waals surface area contributed by atoms with E-state index in [1.54, 1.807) is 0 Å². The van der Waals surface area contributed by atoms with Crippen LogP contribution in [0.25, 0.3) is 0 Å². The molecule has 0 aromatic heterocycles. The molecule has 0 fully saturated rings. The predicted octanol–water partition coefficient (Wildman–Crippen LogP) is 2.07. The van der Waals surface area contributed by atoms with Gasteiger partial charge in [-0.3, -0.25) is 0 Å². The van der Waals surface area contributed by atoms with Crippen LogP contribution in [-0.2, 0) is 14.3 Å². The standard InChI is InChI=1S/C8H6F3O3S/c1-6-4-2-3-5-7(6)14-15(12,13)8(9,10)11/h2-5H,1H2. The highest BCUT2D eigenvalue weighted by atomic mass is 32.2. The summed E-state index contributed by atoms with van der Waals surface area (Å²) in [5.74, 6) is -0.435. The second-order valence-electron chi connectivity index (χ2n) is 2.59. The number of allylic oxidation sites excluding steroid dienone is 4. The van der Waals surface area contributed by atoms with E-state index in [2.05, 4.69) is 10.8 Å². The molecule has 0 unspecified atom stereocenters. The van der Waals surface area contributed by atoms with E-state index in [4.69, 9.17) is 0 Å². The zero-order chi connectivity index (χ0) is 11.7. The lowest BCUT2D eigenvalue weighted by atomic mass is 10.1. The summed E-state index contributed by atoms with van der Waals surface area (Å²) in [7, 11) is -5.61. The van der Waals surface area contributed by atoms with Crippen molar-refractivity contribution < 1.29 is 25.8 Å². The Balaban J connectivity index is 2.92. The molecule has 0 saturated carbocycles. The fraction of sp³-hybridized carbons (Fsp3) is 0.125. The van der Waals surface area contributed by atoms with Gasteiger partial charge in [-0.1, -0.05) is 18.7 Å². The molecule has 0 aromatic rings. The maximum atomic E-state index is 11.9. The molecule has 3 nitrogen and oxygen atoms in total. The molecule has 0 aliphatic heterocycles. The highest BCUT2D eigenvalue weighted by Gasteiger charge is 2.49. The molecule has 0 N–H and O–H groups in total. The van der Waals surface area contributed by atoms with Crippen LogP contribution in [0.2, 0.25) is 0 Å². The fourth-order valence-corrected chi connectivity index (χ4v) is 1.24. The van der Waals surface area contributed by atoms with Crippen molar-refractivity contribution in [2.75, 3.05) is 0 Å². The Hall–Kier alpha value is -1.24. The first-order valence-electron chi connectivity index (χ1n) is 3.66. The summed E-state index contributed by atoms with van der Waals surface area (Å²) >= 11 is 0. The molecule has 0 bridgehead atoms. The van der Waals surface area contributed by atoms with Crippen LogP contribution in [0.15, 0.2) is 36.1 Å². The van der Waals surface area contributed by atoms with Gasteiger partial charge in [0, 0.05) is 6.42 Å². The van der Waals surface area contributed by atoms with Crippen LogP contribution in [0.4, 0.5) is 13.2 Å². The molecule has 0 heterocycles. The van der Waals surface area contributed by atoms with Crippen LogP contribution in [0, 0.1) is 6.42 Å². The van der Waals surface area contributed by atoms with Gasteiger partial charge in [0.2, 0.25) is 0 Å². The van der Waals surface area contributed by atoms with Gasteiger partial charge in [0.15, 0.2) is 0 Å². The Morgan fingerprint density at radius 2 is 1.87 bits per heavy atom. The van der Waals surface area contributed by atoms with Crippen LogP contribution in [0.1, 0.15) is 0 Å². The van der Waals surface area contributed by atoms with Crippen molar-refractivity contribution in [3.05, 3.63) is 42.6 Å². The molecule has 0 saturated heterocycles. The predicted molar refractivity (Wildman–Crippen MR) is 46.7 cm³/mol. The maximum Gasteiger partial charge on any atom is 0.534 e. The topological polar surface area (TPSA) is 43.4 Å². The first-order valence-corrected chi connectivity index (χ1v) is 5.06. The van der Waals surface area contributed by atoms with Crippen LogP contribution in [-0.4, -0.2) is 13.9 Å². The third-order valence-electron chi connectivity index (χ3n) is 1.46. The molecule has 0 aromatic carbocycles. The molecule has 1 radical (unpaired) electrons. The Morgan fingerprint density at radius 3 is 2.33 bits per heavy atom. The first kappa shape index (κ1) is 11.8. The molecule has 1 aliphatic rings. The SMILES string of the molecule is C=C1[CH]C=CC=C1OS(=O)(=O)C(F)(F)F. The van der Waals surface area contributed by atoms with Crippen molar-refractivity contribution >= 4 is 10.1 Å². The molecule has 0 spiro atoms. The van der Waals surface area contributed by atoms with E-state index in [0.29, 0.717) is 0 Å². The fourth-order valence-electron chi connectivity index (χ4n) is 0.751. The third-order valence-corrected chi connectivity index (χ3v) is 2.42. The summed E-state index contributed by atoms with van der Waals surface area (Å²) in [6, 6.07) is 0. The summed E-state index contributed by atoms with van der Waals surface area (Å²) in [5.41, 5.74) is -5.37. The van der Waals surface area contributed by atoms with Crippen molar-refractivity contribution in [3.63, 3.8) is 0 Å². The van der Waals surface area contributed by atoms with Crippen LogP contribution in [0.3, 0.4) is 0 Å². The molecule has 1 rings (SSSR count). The molecule has 15 heavy (non-hydrogen) atoms. The average molecular weight is 239 g/mol. The molecular weight excluding hydrogens is 233 g/mol.